The third-order valence-corrected chi connectivity index (χ3v) is 4.16. The lowest BCUT2D eigenvalue weighted by Crippen LogP contribution is -2.23. The molecule has 0 saturated carbocycles. The molecule has 0 unspecified atom stereocenters. The molecular formula is C15H15N3O2S. The molecule has 3 rings (SSSR count). The van der Waals surface area contributed by atoms with E-state index >= 15 is 0 Å². The van der Waals surface area contributed by atoms with Gasteiger partial charge in [0.2, 0.25) is 11.8 Å². The van der Waals surface area contributed by atoms with E-state index in [9.17, 15) is 9.59 Å². The van der Waals surface area contributed by atoms with Crippen LogP contribution in [-0.2, 0) is 9.59 Å². The number of hydrogen-bond donors (Lipinski definition) is 1. The van der Waals surface area contributed by atoms with E-state index in [-0.39, 0.29) is 11.8 Å². The van der Waals surface area contributed by atoms with Gasteiger partial charge in [-0.2, -0.15) is 0 Å². The highest BCUT2D eigenvalue weighted by atomic mass is 32.1. The third kappa shape index (κ3) is 2.95. The maximum atomic E-state index is 11.7. The minimum absolute atomic E-state index is 0.0914. The van der Waals surface area contributed by atoms with Crippen molar-refractivity contribution in [2.75, 3.05) is 16.8 Å². The summed E-state index contributed by atoms with van der Waals surface area (Å²) >= 11 is 1.48. The third-order valence-electron chi connectivity index (χ3n) is 3.30. The van der Waals surface area contributed by atoms with E-state index < -0.39 is 0 Å². The molecule has 0 spiro atoms. The standard InChI is InChI=1S/C15H15N3O2S/c1-10(19)16-12-6-4-11(5-7-12)13-9-21-15(17-13)18-8-2-3-14(18)20/h4-7,9H,2-3,8H2,1H3,(H,16,19). The van der Waals surface area contributed by atoms with Crippen LogP contribution in [0, 0.1) is 0 Å². The second-order valence-corrected chi connectivity index (χ2v) is 5.76. The Hall–Kier alpha value is -2.21. The van der Waals surface area contributed by atoms with Gasteiger partial charge in [0.05, 0.1) is 5.69 Å². The van der Waals surface area contributed by atoms with Crippen LogP contribution in [0.1, 0.15) is 19.8 Å². The Morgan fingerprint density at radius 3 is 2.71 bits per heavy atom. The number of nitrogens with zero attached hydrogens (tertiary/aromatic N) is 2. The number of anilines is 2. The van der Waals surface area contributed by atoms with Crippen LogP contribution in [0.2, 0.25) is 0 Å². The first-order chi connectivity index (χ1) is 10.1. The number of thiazole rings is 1. The Labute approximate surface area is 126 Å². The zero-order chi connectivity index (χ0) is 14.8. The summed E-state index contributed by atoms with van der Waals surface area (Å²) in [5.41, 5.74) is 2.58. The summed E-state index contributed by atoms with van der Waals surface area (Å²) in [6.45, 7) is 2.24. The van der Waals surface area contributed by atoms with Crippen molar-refractivity contribution in [2.45, 2.75) is 19.8 Å². The summed E-state index contributed by atoms with van der Waals surface area (Å²) in [6.07, 6.45) is 1.51. The summed E-state index contributed by atoms with van der Waals surface area (Å²) in [5, 5.41) is 5.44. The summed E-state index contributed by atoms with van der Waals surface area (Å²) < 4.78 is 0. The molecule has 6 heteroatoms. The molecular weight excluding hydrogens is 286 g/mol. The molecule has 2 heterocycles. The Balaban J connectivity index is 1.79. The highest BCUT2D eigenvalue weighted by molar-refractivity contribution is 7.14. The van der Waals surface area contributed by atoms with E-state index in [2.05, 4.69) is 10.3 Å². The molecule has 0 atom stereocenters. The first-order valence-corrected chi connectivity index (χ1v) is 7.65. The lowest BCUT2D eigenvalue weighted by molar-refractivity contribution is -0.117. The van der Waals surface area contributed by atoms with Gasteiger partial charge in [-0.3, -0.25) is 14.5 Å². The molecule has 1 aromatic carbocycles. The molecule has 1 aliphatic heterocycles. The average molecular weight is 301 g/mol. The van der Waals surface area contributed by atoms with E-state index in [1.54, 1.807) is 4.90 Å². The molecule has 0 aliphatic carbocycles. The van der Waals surface area contributed by atoms with Gasteiger partial charge in [-0.25, -0.2) is 4.98 Å². The first kappa shape index (κ1) is 13.8. The Morgan fingerprint density at radius 2 is 2.10 bits per heavy atom. The number of carbonyl (C=O) groups excluding carboxylic acids is 2. The van der Waals surface area contributed by atoms with E-state index in [4.69, 9.17) is 0 Å². The molecule has 2 aromatic rings. The number of nitrogens with one attached hydrogen (secondary N) is 1. The lowest BCUT2D eigenvalue weighted by atomic mass is 10.1. The average Bonchev–Trinajstić information content (AvgIpc) is 3.07. The van der Waals surface area contributed by atoms with E-state index in [1.165, 1.54) is 18.3 Å². The minimum atomic E-state index is -0.0914. The predicted octanol–water partition coefficient (Wildman–Crippen LogP) is 2.90. The topological polar surface area (TPSA) is 62.3 Å². The van der Waals surface area contributed by atoms with Crippen molar-refractivity contribution in [1.29, 1.82) is 0 Å². The smallest absolute Gasteiger partial charge is 0.228 e. The van der Waals surface area contributed by atoms with Gasteiger partial charge in [0.25, 0.3) is 0 Å². The summed E-state index contributed by atoms with van der Waals surface area (Å²) in [6, 6.07) is 7.51. The number of benzene rings is 1. The van der Waals surface area contributed by atoms with Crippen molar-refractivity contribution in [1.82, 2.24) is 4.98 Å². The van der Waals surface area contributed by atoms with Crippen molar-refractivity contribution in [3.8, 4) is 11.3 Å². The maximum absolute atomic E-state index is 11.7. The molecule has 5 nitrogen and oxygen atoms in total. The number of amides is 2. The zero-order valence-electron chi connectivity index (χ0n) is 11.6. The quantitative estimate of drug-likeness (QED) is 0.948. The molecule has 1 aliphatic rings. The Morgan fingerprint density at radius 1 is 1.33 bits per heavy atom. The van der Waals surface area contributed by atoms with Crippen LogP contribution in [0.3, 0.4) is 0 Å². The fraction of sp³-hybridized carbons (Fsp3) is 0.267. The highest BCUT2D eigenvalue weighted by Gasteiger charge is 2.24. The van der Waals surface area contributed by atoms with Crippen molar-refractivity contribution >= 4 is 34.0 Å². The summed E-state index contributed by atoms with van der Waals surface area (Å²) in [5.74, 6) is 0.0585. The van der Waals surface area contributed by atoms with Gasteiger partial charge in [0.1, 0.15) is 0 Å². The molecule has 0 radical (unpaired) electrons. The number of rotatable bonds is 3. The van der Waals surface area contributed by atoms with Crippen molar-refractivity contribution in [3.05, 3.63) is 29.6 Å². The molecule has 2 amide bonds. The van der Waals surface area contributed by atoms with E-state index in [1.807, 2.05) is 29.6 Å². The molecule has 21 heavy (non-hydrogen) atoms. The lowest BCUT2D eigenvalue weighted by Gasteiger charge is -2.10. The van der Waals surface area contributed by atoms with Crippen LogP contribution in [0.4, 0.5) is 10.8 Å². The van der Waals surface area contributed by atoms with Crippen molar-refractivity contribution < 1.29 is 9.59 Å². The van der Waals surface area contributed by atoms with Crippen LogP contribution >= 0.6 is 11.3 Å². The monoisotopic (exact) mass is 301 g/mol. The van der Waals surface area contributed by atoms with Gasteiger partial charge in [0, 0.05) is 36.5 Å². The van der Waals surface area contributed by atoms with Gasteiger partial charge in [-0.1, -0.05) is 12.1 Å². The van der Waals surface area contributed by atoms with E-state index in [0.717, 1.165) is 35.0 Å². The molecule has 1 aromatic heterocycles. The van der Waals surface area contributed by atoms with Crippen molar-refractivity contribution in [2.24, 2.45) is 0 Å². The van der Waals surface area contributed by atoms with Crippen molar-refractivity contribution in [3.63, 3.8) is 0 Å². The first-order valence-electron chi connectivity index (χ1n) is 6.77. The van der Waals surface area contributed by atoms with Crippen LogP contribution in [0.5, 0.6) is 0 Å². The Kier molecular flexibility index (Phi) is 3.70. The molecule has 0 bridgehead atoms. The number of aromatic nitrogens is 1. The molecule has 1 N–H and O–H groups in total. The second kappa shape index (κ2) is 5.65. The predicted molar refractivity (Wildman–Crippen MR) is 83.4 cm³/mol. The number of carbonyl (C=O) groups is 2. The van der Waals surface area contributed by atoms with Gasteiger partial charge < -0.3 is 5.32 Å². The zero-order valence-corrected chi connectivity index (χ0v) is 12.4. The van der Waals surface area contributed by atoms with Crippen LogP contribution in [0.15, 0.2) is 29.6 Å². The second-order valence-electron chi connectivity index (χ2n) is 4.92. The SMILES string of the molecule is CC(=O)Nc1ccc(-c2csc(N3CCCC3=O)n2)cc1. The normalized spacial score (nSPS) is 14.5. The van der Waals surface area contributed by atoms with Gasteiger partial charge in [-0.15, -0.1) is 11.3 Å². The largest absolute Gasteiger partial charge is 0.326 e. The van der Waals surface area contributed by atoms with Gasteiger partial charge in [0.15, 0.2) is 5.13 Å². The molecule has 1 saturated heterocycles. The van der Waals surface area contributed by atoms with Gasteiger partial charge in [-0.05, 0) is 18.6 Å². The Bertz CT molecular complexity index is 678. The van der Waals surface area contributed by atoms with Crippen LogP contribution < -0.4 is 10.2 Å². The molecule has 1 fully saturated rings. The van der Waals surface area contributed by atoms with Gasteiger partial charge >= 0.3 is 0 Å². The van der Waals surface area contributed by atoms with Crippen LogP contribution in [0.25, 0.3) is 11.3 Å². The number of hydrogen-bond acceptors (Lipinski definition) is 4. The molecule has 108 valence electrons. The fourth-order valence-electron chi connectivity index (χ4n) is 2.30. The highest BCUT2D eigenvalue weighted by Crippen LogP contribution is 2.30. The summed E-state index contributed by atoms with van der Waals surface area (Å²) in [4.78, 5) is 29.0. The maximum Gasteiger partial charge on any atom is 0.228 e. The summed E-state index contributed by atoms with van der Waals surface area (Å²) in [7, 11) is 0. The van der Waals surface area contributed by atoms with E-state index in [0.29, 0.717) is 6.42 Å². The minimum Gasteiger partial charge on any atom is -0.326 e. The fourth-order valence-corrected chi connectivity index (χ4v) is 3.18. The van der Waals surface area contributed by atoms with Crippen LogP contribution in [-0.4, -0.2) is 23.3 Å².